The summed E-state index contributed by atoms with van der Waals surface area (Å²) >= 11 is 0. The van der Waals surface area contributed by atoms with E-state index in [1.807, 2.05) is 38.1 Å². The highest BCUT2D eigenvalue weighted by Crippen LogP contribution is 2.37. The van der Waals surface area contributed by atoms with Crippen molar-refractivity contribution in [3.8, 4) is 0 Å². The monoisotopic (exact) mass is 370 g/mol. The summed E-state index contributed by atoms with van der Waals surface area (Å²) < 4.78 is 40.8. The van der Waals surface area contributed by atoms with Crippen molar-refractivity contribution in [3.05, 3.63) is 76.9 Å². The minimum atomic E-state index is -1.64. The summed E-state index contributed by atoms with van der Waals surface area (Å²) in [6, 6.07) is 9.60. The van der Waals surface area contributed by atoms with Gasteiger partial charge in [-0.1, -0.05) is 32.0 Å². The van der Waals surface area contributed by atoms with E-state index in [9.17, 15) is 18.0 Å². The second-order valence-electron chi connectivity index (χ2n) is 7.31. The molecular weight excluding hydrogens is 353 g/mol. The molecule has 138 valence electrons. The average Bonchev–Trinajstić information content (AvgIpc) is 2.96. The molecule has 0 unspecified atom stereocenters. The van der Waals surface area contributed by atoms with Crippen molar-refractivity contribution in [2.24, 2.45) is 0 Å². The Labute approximate surface area is 154 Å². The molecule has 1 amide bonds. The number of carbonyl (C=O) groups is 1. The third-order valence-corrected chi connectivity index (χ3v) is 4.93. The maximum atomic E-state index is 14.1. The van der Waals surface area contributed by atoms with Gasteiger partial charge in [0.1, 0.15) is 0 Å². The first-order valence-electron chi connectivity index (χ1n) is 8.53. The number of nitrogens with zero attached hydrogens (tertiary/aromatic N) is 1. The van der Waals surface area contributed by atoms with Gasteiger partial charge in [0.15, 0.2) is 17.5 Å². The van der Waals surface area contributed by atoms with Gasteiger partial charge >= 0.3 is 0 Å². The maximum absolute atomic E-state index is 14.1. The summed E-state index contributed by atoms with van der Waals surface area (Å²) in [4.78, 5) is 17.5. The van der Waals surface area contributed by atoms with Gasteiger partial charge in [-0.05, 0) is 29.8 Å². The van der Waals surface area contributed by atoms with E-state index in [0.29, 0.717) is 0 Å². The molecule has 0 aliphatic carbocycles. The van der Waals surface area contributed by atoms with Gasteiger partial charge in [0, 0.05) is 34.8 Å². The number of rotatable bonds is 1. The van der Waals surface area contributed by atoms with E-state index in [-0.39, 0.29) is 6.54 Å². The highest BCUT2D eigenvalue weighted by molar-refractivity contribution is 5.96. The highest BCUT2D eigenvalue weighted by atomic mass is 19.2. The van der Waals surface area contributed by atoms with Crippen molar-refractivity contribution >= 4 is 22.9 Å². The molecule has 27 heavy (non-hydrogen) atoms. The Morgan fingerprint density at radius 1 is 1.07 bits per heavy atom. The number of amides is 1. The predicted molar refractivity (Wildman–Crippen MR) is 97.7 cm³/mol. The zero-order valence-electron chi connectivity index (χ0n) is 14.8. The number of hydrogen-bond acceptors (Lipinski definition) is 1. The van der Waals surface area contributed by atoms with E-state index in [0.717, 1.165) is 34.3 Å². The van der Waals surface area contributed by atoms with Gasteiger partial charge in [0.05, 0.1) is 5.56 Å². The van der Waals surface area contributed by atoms with Crippen molar-refractivity contribution in [3.63, 3.8) is 0 Å². The molecule has 0 atom stereocenters. The van der Waals surface area contributed by atoms with E-state index in [2.05, 4.69) is 4.98 Å². The Morgan fingerprint density at radius 3 is 2.59 bits per heavy atom. The molecule has 0 spiro atoms. The first-order chi connectivity index (χ1) is 12.8. The molecule has 0 saturated carbocycles. The average molecular weight is 370 g/mol. The number of nitrogens with one attached hydrogen (secondary N) is 1. The maximum Gasteiger partial charge on any atom is 0.260 e. The molecule has 4 rings (SSSR count). The number of para-hydroxylation sites is 1. The van der Waals surface area contributed by atoms with Crippen molar-refractivity contribution in [1.82, 2.24) is 9.88 Å². The van der Waals surface area contributed by atoms with E-state index in [4.69, 9.17) is 0 Å². The largest absolute Gasteiger partial charge is 0.355 e. The molecule has 2 heterocycles. The number of halogens is 3. The highest BCUT2D eigenvalue weighted by Gasteiger charge is 2.33. The topological polar surface area (TPSA) is 36.1 Å². The summed E-state index contributed by atoms with van der Waals surface area (Å²) in [5, 5.41) is 1.05. The number of hydrogen-bond donors (Lipinski definition) is 1. The zero-order chi connectivity index (χ0) is 19.3. The lowest BCUT2D eigenvalue weighted by atomic mass is 9.82. The molecule has 1 aromatic heterocycles. The molecule has 0 saturated heterocycles. The molecule has 1 aliphatic rings. The number of carbonyl (C=O) groups excluding carboxylic acids is 1. The van der Waals surface area contributed by atoms with Crippen molar-refractivity contribution in [1.29, 1.82) is 0 Å². The fourth-order valence-electron chi connectivity index (χ4n) is 3.72. The van der Waals surface area contributed by atoms with Crippen LogP contribution in [0.5, 0.6) is 0 Å². The normalized spacial score (nSPS) is 15.7. The van der Waals surface area contributed by atoms with Crippen LogP contribution in [0.1, 0.15) is 35.5 Å². The first-order valence-corrected chi connectivity index (χ1v) is 8.53. The summed E-state index contributed by atoms with van der Waals surface area (Å²) in [6.45, 7) is 4.23. The third kappa shape index (κ3) is 2.72. The molecule has 0 radical (unpaired) electrons. The van der Waals surface area contributed by atoms with Gasteiger partial charge in [-0.15, -0.1) is 0 Å². The molecule has 2 aromatic carbocycles. The number of fused-ring (bicyclic) bond motifs is 3. The first kappa shape index (κ1) is 17.4. The second-order valence-corrected chi connectivity index (χ2v) is 7.31. The van der Waals surface area contributed by atoms with Crippen LogP contribution >= 0.6 is 0 Å². The van der Waals surface area contributed by atoms with Gasteiger partial charge in [0.25, 0.3) is 5.91 Å². The molecule has 3 aromatic rings. The van der Waals surface area contributed by atoms with Crippen LogP contribution in [-0.4, -0.2) is 22.3 Å². The summed E-state index contributed by atoms with van der Waals surface area (Å²) in [7, 11) is 0. The van der Waals surface area contributed by atoms with Crippen molar-refractivity contribution in [2.45, 2.75) is 19.3 Å². The number of aromatic nitrogens is 1. The van der Waals surface area contributed by atoms with Gasteiger partial charge < -0.3 is 9.88 Å². The Morgan fingerprint density at radius 2 is 1.81 bits per heavy atom. The van der Waals surface area contributed by atoms with Crippen LogP contribution < -0.4 is 0 Å². The van der Waals surface area contributed by atoms with Gasteiger partial charge in [-0.3, -0.25) is 4.79 Å². The molecule has 3 nitrogen and oxygen atoms in total. The van der Waals surface area contributed by atoms with E-state index in [1.54, 1.807) is 12.3 Å². The van der Waals surface area contributed by atoms with E-state index < -0.39 is 34.3 Å². The zero-order valence-corrected chi connectivity index (χ0v) is 14.8. The number of benzene rings is 2. The van der Waals surface area contributed by atoms with Crippen molar-refractivity contribution < 1.29 is 18.0 Å². The standard InChI is InChI=1S/C21H17F3N2O/c1-21(2)11-26(20(27)13-7-8-14(22)19(24)18(13)23)10-9-16-17(21)12-5-3-4-6-15(12)25-16/h3-10,25H,11H2,1-2H3. The Hall–Kier alpha value is -3.02. The molecular formula is C21H17F3N2O. The minimum Gasteiger partial charge on any atom is -0.355 e. The summed E-state index contributed by atoms with van der Waals surface area (Å²) in [5.41, 5.74) is 1.96. The lowest BCUT2D eigenvalue weighted by molar-refractivity contribution is 0.0795. The number of aromatic amines is 1. The van der Waals surface area contributed by atoms with Crippen LogP contribution in [0.15, 0.2) is 42.6 Å². The number of H-pyrrole nitrogens is 1. The third-order valence-electron chi connectivity index (χ3n) is 4.93. The van der Waals surface area contributed by atoms with Gasteiger partial charge in [-0.2, -0.15) is 0 Å². The van der Waals surface area contributed by atoms with Gasteiger partial charge in [-0.25, -0.2) is 13.2 Å². The quantitative estimate of drug-likeness (QED) is 0.602. The second kappa shape index (κ2) is 6.01. The fraction of sp³-hybridized carbons (Fsp3) is 0.190. The fourth-order valence-corrected chi connectivity index (χ4v) is 3.72. The Bertz CT molecular complexity index is 1100. The predicted octanol–water partition coefficient (Wildman–Crippen LogP) is 4.99. The lowest BCUT2D eigenvalue weighted by Crippen LogP contribution is -2.37. The van der Waals surface area contributed by atoms with E-state index >= 15 is 0 Å². The SMILES string of the molecule is CC1(C)CN(C(=O)c2ccc(F)c(F)c2F)C=Cc2[nH]c3ccccc3c21. The molecule has 6 heteroatoms. The van der Waals surface area contributed by atoms with Crippen LogP contribution in [0.4, 0.5) is 13.2 Å². The Kier molecular flexibility index (Phi) is 3.87. The van der Waals surface area contributed by atoms with Gasteiger partial charge in [0.2, 0.25) is 0 Å². The molecule has 0 bridgehead atoms. The molecule has 1 aliphatic heterocycles. The van der Waals surface area contributed by atoms with Crippen LogP contribution in [0.25, 0.3) is 17.0 Å². The molecule has 1 N–H and O–H groups in total. The van der Waals surface area contributed by atoms with E-state index in [1.165, 1.54) is 4.90 Å². The van der Waals surface area contributed by atoms with Crippen LogP contribution in [-0.2, 0) is 5.41 Å². The minimum absolute atomic E-state index is 0.260. The Balaban J connectivity index is 1.77. The summed E-state index contributed by atoms with van der Waals surface area (Å²) in [5.74, 6) is -5.16. The van der Waals surface area contributed by atoms with Crippen LogP contribution in [0, 0.1) is 17.5 Å². The van der Waals surface area contributed by atoms with Crippen molar-refractivity contribution in [2.75, 3.05) is 6.54 Å². The smallest absolute Gasteiger partial charge is 0.260 e. The summed E-state index contributed by atoms with van der Waals surface area (Å²) in [6.07, 6.45) is 3.30. The van der Waals surface area contributed by atoms with Crippen LogP contribution in [0.2, 0.25) is 0 Å². The lowest BCUT2D eigenvalue weighted by Gasteiger charge is -2.30. The van der Waals surface area contributed by atoms with Crippen LogP contribution in [0.3, 0.4) is 0 Å². The molecule has 0 fully saturated rings.